The van der Waals surface area contributed by atoms with Gasteiger partial charge in [-0.25, -0.2) is 9.78 Å². The molecule has 1 aliphatic heterocycles. The zero-order valence-corrected chi connectivity index (χ0v) is 15.1. The summed E-state index contributed by atoms with van der Waals surface area (Å²) in [6.07, 6.45) is 3.13. The van der Waals surface area contributed by atoms with Gasteiger partial charge in [0.2, 0.25) is 0 Å². The van der Waals surface area contributed by atoms with Crippen molar-refractivity contribution in [2.24, 2.45) is 7.05 Å². The second-order valence-corrected chi connectivity index (χ2v) is 7.59. The number of hydrogen-bond acceptors (Lipinski definition) is 5. The Kier molecular flexibility index (Phi) is 4.20. The Morgan fingerprint density at radius 2 is 2.12 bits per heavy atom. The SMILES string of the molecule is Cn1cc(C(=O)N2CCCC(c3nc4ccccc4s3)C2)c(=O)[nH]c1=O. The molecule has 134 valence electrons. The van der Waals surface area contributed by atoms with Crippen molar-refractivity contribution in [3.63, 3.8) is 0 Å². The number of likely N-dealkylation sites (tertiary alicyclic amines) is 1. The third-order valence-electron chi connectivity index (χ3n) is 4.71. The fraction of sp³-hybridized carbons (Fsp3) is 0.333. The van der Waals surface area contributed by atoms with E-state index in [1.807, 2.05) is 24.3 Å². The van der Waals surface area contributed by atoms with Crippen molar-refractivity contribution in [2.45, 2.75) is 18.8 Å². The van der Waals surface area contributed by atoms with Gasteiger partial charge >= 0.3 is 5.69 Å². The van der Waals surface area contributed by atoms with Gasteiger partial charge in [0.25, 0.3) is 11.5 Å². The van der Waals surface area contributed by atoms with E-state index in [1.165, 1.54) is 17.8 Å². The molecule has 0 aliphatic carbocycles. The summed E-state index contributed by atoms with van der Waals surface area (Å²) in [6, 6.07) is 8.00. The van der Waals surface area contributed by atoms with Gasteiger partial charge in [-0.05, 0) is 25.0 Å². The van der Waals surface area contributed by atoms with Crippen LogP contribution >= 0.6 is 11.3 Å². The second kappa shape index (κ2) is 6.53. The van der Waals surface area contributed by atoms with Crippen LogP contribution in [-0.2, 0) is 7.05 Å². The lowest BCUT2D eigenvalue weighted by Crippen LogP contribution is -2.42. The largest absolute Gasteiger partial charge is 0.338 e. The van der Waals surface area contributed by atoms with Crippen LogP contribution in [0, 0.1) is 0 Å². The Bertz CT molecular complexity index is 1060. The summed E-state index contributed by atoms with van der Waals surface area (Å²) in [5.41, 5.74) is -0.194. The Hall–Kier alpha value is -2.74. The van der Waals surface area contributed by atoms with Gasteiger partial charge in [-0.3, -0.25) is 14.6 Å². The van der Waals surface area contributed by atoms with Crippen molar-refractivity contribution in [3.8, 4) is 0 Å². The maximum atomic E-state index is 12.8. The molecule has 26 heavy (non-hydrogen) atoms. The van der Waals surface area contributed by atoms with Crippen LogP contribution in [0.15, 0.2) is 40.1 Å². The number of hydrogen-bond donors (Lipinski definition) is 1. The lowest BCUT2D eigenvalue weighted by Gasteiger charge is -2.31. The molecule has 2 aromatic heterocycles. The number of benzene rings is 1. The molecule has 1 N–H and O–H groups in total. The Balaban J connectivity index is 1.60. The summed E-state index contributed by atoms with van der Waals surface area (Å²) >= 11 is 1.66. The number of nitrogens with zero attached hydrogens (tertiary/aromatic N) is 3. The summed E-state index contributed by atoms with van der Waals surface area (Å²) in [5.74, 6) is -0.177. The number of aromatic amines is 1. The third kappa shape index (κ3) is 2.96. The average molecular weight is 370 g/mol. The highest BCUT2D eigenvalue weighted by Crippen LogP contribution is 2.33. The number of aryl methyl sites for hydroxylation is 1. The number of aromatic nitrogens is 3. The Labute approximate surface area is 152 Å². The van der Waals surface area contributed by atoms with Crippen molar-refractivity contribution in [1.29, 1.82) is 0 Å². The first-order valence-electron chi connectivity index (χ1n) is 8.47. The molecule has 3 heterocycles. The van der Waals surface area contributed by atoms with E-state index in [1.54, 1.807) is 16.2 Å². The smallest absolute Gasteiger partial charge is 0.328 e. The molecule has 1 amide bonds. The molecule has 7 nitrogen and oxygen atoms in total. The highest BCUT2D eigenvalue weighted by atomic mass is 32.1. The Morgan fingerprint density at radius 3 is 2.92 bits per heavy atom. The van der Waals surface area contributed by atoms with Crippen LogP contribution < -0.4 is 11.2 Å². The molecule has 4 rings (SSSR count). The summed E-state index contributed by atoms with van der Waals surface area (Å²) in [7, 11) is 1.51. The number of nitrogens with one attached hydrogen (secondary N) is 1. The van der Waals surface area contributed by atoms with Gasteiger partial charge in [-0.2, -0.15) is 0 Å². The first kappa shape index (κ1) is 16.7. The number of H-pyrrole nitrogens is 1. The zero-order valence-electron chi connectivity index (χ0n) is 14.3. The third-order valence-corrected chi connectivity index (χ3v) is 5.91. The van der Waals surface area contributed by atoms with E-state index in [0.29, 0.717) is 13.1 Å². The van der Waals surface area contributed by atoms with Crippen molar-refractivity contribution in [1.82, 2.24) is 19.4 Å². The van der Waals surface area contributed by atoms with Crippen LogP contribution in [-0.4, -0.2) is 38.4 Å². The number of para-hydroxylation sites is 1. The summed E-state index contributed by atoms with van der Waals surface area (Å²) < 4.78 is 2.35. The van der Waals surface area contributed by atoms with Gasteiger partial charge in [0, 0.05) is 32.3 Å². The van der Waals surface area contributed by atoms with Gasteiger partial charge in [-0.1, -0.05) is 12.1 Å². The monoisotopic (exact) mass is 370 g/mol. The minimum atomic E-state index is -0.639. The van der Waals surface area contributed by atoms with Crippen LogP contribution in [0.4, 0.5) is 0 Å². The number of amides is 1. The number of thiazole rings is 1. The fourth-order valence-corrected chi connectivity index (χ4v) is 4.41. The van der Waals surface area contributed by atoms with Crippen molar-refractivity contribution in [2.75, 3.05) is 13.1 Å². The normalized spacial score (nSPS) is 17.6. The predicted octanol–water partition coefficient (Wildman–Crippen LogP) is 1.70. The van der Waals surface area contributed by atoms with Gasteiger partial charge in [0.05, 0.1) is 15.2 Å². The van der Waals surface area contributed by atoms with Crippen molar-refractivity contribution >= 4 is 27.5 Å². The number of rotatable bonds is 2. The average Bonchev–Trinajstić information content (AvgIpc) is 3.08. The highest BCUT2D eigenvalue weighted by molar-refractivity contribution is 7.18. The van der Waals surface area contributed by atoms with Crippen LogP contribution in [0.25, 0.3) is 10.2 Å². The van der Waals surface area contributed by atoms with E-state index < -0.39 is 11.2 Å². The number of piperidine rings is 1. The first-order chi connectivity index (χ1) is 12.5. The molecule has 0 saturated carbocycles. The first-order valence-corrected chi connectivity index (χ1v) is 9.29. The van der Waals surface area contributed by atoms with E-state index in [0.717, 1.165) is 28.1 Å². The lowest BCUT2D eigenvalue weighted by molar-refractivity contribution is 0.0704. The molecule has 0 bridgehead atoms. The maximum absolute atomic E-state index is 12.8. The van der Waals surface area contributed by atoms with E-state index in [-0.39, 0.29) is 17.4 Å². The molecular weight excluding hydrogens is 352 g/mol. The molecule has 0 radical (unpaired) electrons. The number of carbonyl (C=O) groups excluding carboxylic acids is 1. The van der Waals surface area contributed by atoms with E-state index >= 15 is 0 Å². The van der Waals surface area contributed by atoms with Crippen LogP contribution in [0.3, 0.4) is 0 Å². The standard InChI is InChI=1S/C18H18N4O3S/c1-21-10-12(15(23)20-18(21)25)17(24)22-8-4-5-11(9-22)16-19-13-6-2-3-7-14(13)26-16/h2-3,6-7,10-11H,4-5,8-9H2,1H3,(H,20,23,25). The molecule has 1 unspecified atom stereocenters. The minimum Gasteiger partial charge on any atom is -0.338 e. The summed E-state index contributed by atoms with van der Waals surface area (Å²) in [4.78, 5) is 44.9. The van der Waals surface area contributed by atoms with Crippen molar-refractivity contribution in [3.05, 3.63) is 61.9 Å². The molecule has 1 aliphatic rings. The quantitative estimate of drug-likeness (QED) is 0.744. The van der Waals surface area contributed by atoms with Gasteiger partial charge < -0.3 is 9.47 Å². The number of carbonyl (C=O) groups is 1. The highest BCUT2D eigenvalue weighted by Gasteiger charge is 2.28. The van der Waals surface area contributed by atoms with Crippen molar-refractivity contribution < 1.29 is 4.79 Å². The minimum absolute atomic E-state index is 0.00273. The fourth-order valence-electron chi connectivity index (χ4n) is 3.31. The van der Waals surface area contributed by atoms with Crippen LogP contribution in [0.1, 0.15) is 34.1 Å². The molecular formula is C18H18N4O3S. The molecule has 0 spiro atoms. The summed E-state index contributed by atoms with van der Waals surface area (Å²) in [6.45, 7) is 1.13. The van der Waals surface area contributed by atoms with E-state index in [2.05, 4.69) is 4.98 Å². The van der Waals surface area contributed by atoms with Gasteiger partial charge in [0.1, 0.15) is 5.56 Å². The predicted molar refractivity (Wildman–Crippen MR) is 99.8 cm³/mol. The zero-order chi connectivity index (χ0) is 18.3. The molecule has 1 saturated heterocycles. The Morgan fingerprint density at radius 1 is 1.31 bits per heavy atom. The summed E-state index contributed by atoms with van der Waals surface area (Å²) in [5, 5.41) is 1.03. The van der Waals surface area contributed by atoms with Gasteiger partial charge in [-0.15, -0.1) is 11.3 Å². The van der Waals surface area contributed by atoms with E-state index in [4.69, 9.17) is 4.98 Å². The second-order valence-electron chi connectivity index (χ2n) is 6.52. The maximum Gasteiger partial charge on any atom is 0.328 e. The molecule has 3 aromatic rings. The molecule has 1 aromatic carbocycles. The van der Waals surface area contributed by atoms with Crippen LogP contribution in [0.5, 0.6) is 0 Å². The van der Waals surface area contributed by atoms with Crippen LogP contribution in [0.2, 0.25) is 0 Å². The molecule has 1 fully saturated rings. The van der Waals surface area contributed by atoms with E-state index in [9.17, 15) is 14.4 Å². The lowest BCUT2D eigenvalue weighted by atomic mass is 9.98. The van der Waals surface area contributed by atoms with Gasteiger partial charge in [0.15, 0.2) is 0 Å². The number of fused-ring (bicyclic) bond motifs is 1. The molecule has 8 heteroatoms. The molecule has 1 atom stereocenters. The topological polar surface area (TPSA) is 88.1 Å².